The zero-order valence-electron chi connectivity index (χ0n) is 21.6. The van der Waals surface area contributed by atoms with Crippen LogP contribution in [-0.4, -0.2) is 65.4 Å². The number of hydrogen-bond donors (Lipinski definition) is 0. The third-order valence-electron chi connectivity index (χ3n) is 8.69. The van der Waals surface area contributed by atoms with Crippen LogP contribution in [0.5, 0.6) is 0 Å². The van der Waals surface area contributed by atoms with Crippen LogP contribution in [-0.2, 0) is 42.9 Å². The van der Waals surface area contributed by atoms with Crippen molar-refractivity contribution in [1.29, 1.82) is 0 Å². The van der Waals surface area contributed by atoms with Gasteiger partial charge in [0.1, 0.15) is 24.4 Å². The molecule has 0 N–H and O–H groups in total. The number of carbonyl (C=O) groups excluding carboxylic acids is 4. The lowest BCUT2D eigenvalue weighted by molar-refractivity contribution is -0.211. The predicted octanol–water partition coefficient (Wildman–Crippen LogP) is 3.10. The van der Waals surface area contributed by atoms with Crippen LogP contribution in [0.25, 0.3) is 0 Å². The van der Waals surface area contributed by atoms with Crippen molar-refractivity contribution in [2.24, 2.45) is 23.2 Å². The number of rotatable bonds is 3. The van der Waals surface area contributed by atoms with Crippen molar-refractivity contribution in [3.63, 3.8) is 0 Å². The SMILES string of the molecule is C=C1CC[C@H](OC(C)=O)[C@]2(C)[C@H](OC(C)=O)C[C@H]3O[C@]3(C)[C@@H]2[C@H](OC(C)=O)[C@H]2[C@H](OC(=O)[C@H]2C)[C@@H]1Cl. The van der Waals surface area contributed by atoms with Gasteiger partial charge in [-0.2, -0.15) is 0 Å². The molecule has 2 heterocycles. The minimum Gasteiger partial charge on any atom is -0.462 e. The maximum absolute atomic E-state index is 12.8. The summed E-state index contributed by atoms with van der Waals surface area (Å²) in [5, 5.41) is -0.735. The molecule has 0 unspecified atom stereocenters. The number of epoxide rings is 1. The van der Waals surface area contributed by atoms with Gasteiger partial charge >= 0.3 is 23.9 Å². The molecule has 2 aliphatic heterocycles. The Morgan fingerprint density at radius 3 is 2.19 bits per heavy atom. The number of carbonyl (C=O) groups is 4. The molecule has 2 saturated carbocycles. The molecule has 0 aromatic rings. The first kappa shape index (κ1) is 26.9. The van der Waals surface area contributed by atoms with E-state index in [0.29, 0.717) is 24.8 Å². The lowest BCUT2D eigenvalue weighted by Crippen LogP contribution is -2.64. The van der Waals surface area contributed by atoms with Crippen LogP contribution in [0, 0.1) is 23.2 Å². The Kier molecular flexibility index (Phi) is 6.96. The lowest BCUT2D eigenvalue weighted by Gasteiger charge is -2.54. The molecule has 4 rings (SSSR count). The molecule has 10 heteroatoms. The van der Waals surface area contributed by atoms with Gasteiger partial charge in [0, 0.05) is 39.0 Å². The minimum atomic E-state index is -1.03. The van der Waals surface area contributed by atoms with E-state index < -0.39 is 82.4 Å². The first-order valence-electron chi connectivity index (χ1n) is 12.4. The van der Waals surface area contributed by atoms with Crippen LogP contribution in [0.4, 0.5) is 0 Å². The molecule has 0 spiro atoms. The van der Waals surface area contributed by atoms with E-state index in [-0.39, 0.29) is 6.10 Å². The summed E-state index contributed by atoms with van der Waals surface area (Å²) < 4.78 is 29.7. The number of esters is 4. The summed E-state index contributed by atoms with van der Waals surface area (Å²) in [4.78, 5) is 49.8. The van der Waals surface area contributed by atoms with Crippen LogP contribution in [0.3, 0.4) is 0 Å². The highest BCUT2D eigenvalue weighted by Crippen LogP contribution is 2.64. The van der Waals surface area contributed by atoms with Gasteiger partial charge in [-0.25, -0.2) is 0 Å². The molecule has 0 amide bonds. The molecule has 4 fully saturated rings. The largest absolute Gasteiger partial charge is 0.462 e. The minimum absolute atomic E-state index is 0.271. The van der Waals surface area contributed by atoms with Gasteiger partial charge in [-0.1, -0.05) is 26.0 Å². The Morgan fingerprint density at radius 2 is 1.61 bits per heavy atom. The lowest BCUT2D eigenvalue weighted by atomic mass is 9.53. The first-order valence-corrected chi connectivity index (χ1v) is 12.9. The summed E-state index contributed by atoms with van der Waals surface area (Å²) in [5.74, 6) is -3.84. The second-order valence-corrected chi connectivity index (χ2v) is 11.5. The maximum Gasteiger partial charge on any atom is 0.309 e. The molecular weight excluding hydrogens is 492 g/mol. The van der Waals surface area contributed by atoms with E-state index in [1.807, 2.05) is 13.8 Å². The smallest absolute Gasteiger partial charge is 0.309 e. The summed E-state index contributed by atoms with van der Waals surface area (Å²) in [6.45, 7) is 13.6. The normalized spacial score (nSPS) is 45.8. The van der Waals surface area contributed by atoms with Crippen LogP contribution in [0.1, 0.15) is 60.8 Å². The second-order valence-electron chi connectivity index (χ2n) is 11.0. The fourth-order valence-corrected chi connectivity index (χ4v) is 7.32. The Labute approximate surface area is 216 Å². The zero-order chi connectivity index (χ0) is 26.7. The van der Waals surface area contributed by atoms with Crippen LogP contribution >= 0.6 is 11.6 Å². The Hall–Kier alpha value is -2.13. The average molecular weight is 527 g/mol. The van der Waals surface area contributed by atoms with Crippen molar-refractivity contribution in [2.45, 2.75) is 102 Å². The number of ether oxygens (including phenoxy) is 5. The highest BCUT2D eigenvalue weighted by molar-refractivity contribution is 6.23. The van der Waals surface area contributed by atoms with E-state index in [4.69, 9.17) is 35.3 Å². The number of alkyl halides is 1. The topological polar surface area (TPSA) is 118 Å². The molecule has 36 heavy (non-hydrogen) atoms. The summed E-state index contributed by atoms with van der Waals surface area (Å²) >= 11 is 6.82. The van der Waals surface area contributed by atoms with E-state index in [1.54, 1.807) is 6.92 Å². The molecule has 0 aromatic heterocycles. The zero-order valence-corrected chi connectivity index (χ0v) is 22.3. The van der Waals surface area contributed by atoms with Crippen LogP contribution < -0.4 is 0 Å². The Bertz CT molecular complexity index is 980. The van der Waals surface area contributed by atoms with Crippen molar-refractivity contribution in [3.8, 4) is 0 Å². The molecule has 0 radical (unpaired) electrons. The Balaban J connectivity index is 1.96. The summed E-state index contributed by atoms with van der Waals surface area (Å²) in [5.41, 5.74) is -1.20. The van der Waals surface area contributed by atoms with Gasteiger partial charge in [-0.05, 0) is 19.8 Å². The molecule has 0 bridgehead atoms. The highest BCUT2D eigenvalue weighted by Gasteiger charge is 2.75. The van der Waals surface area contributed by atoms with Gasteiger partial charge in [-0.15, -0.1) is 11.6 Å². The molecule has 4 aliphatic rings. The molecule has 2 saturated heterocycles. The monoisotopic (exact) mass is 526 g/mol. The van der Waals surface area contributed by atoms with E-state index in [1.165, 1.54) is 20.8 Å². The van der Waals surface area contributed by atoms with Crippen molar-refractivity contribution >= 4 is 35.5 Å². The van der Waals surface area contributed by atoms with E-state index in [9.17, 15) is 19.2 Å². The van der Waals surface area contributed by atoms with Gasteiger partial charge < -0.3 is 23.7 Å². The first-order chi connectivity index (χ1) is 16.7. The van der Waals surface area contributed by atoms with Gasteiger partial charge in [0.15, 0.2) is 0 Å². The molecular formula is C26H35ClO9. The maximum atomic E-state index is 12.8. The molecule has 0 aromatic carbocycles. The third kappa shape index (κ3) is 4.32. The predicted molar refractivity (Wildman–Crippen MR) is 127 cm³/mol. The molecule has 2 aliphatic carbocycles. The summed E-state index contributed by atoms with van der Waals surface area (Å²) in [7, 11) is 0. The third-order valence-corrected chi connectivity index (χ3v) is 9.25. The number of halogens is 1. The number of hydrogen-bond acceptors (Lipinski definition) is 9. The van der Waals surface area contributed by atoms with Gasteiger partial charge in [-0.3, -0.25) is 19.2 Å². The fraction of sp³-hybridized carbons (Fsp3) is 0.769. The molecule has 9 nitrogen and oxygen atoms in total. The van der Waals surface area contributed by atoms with E-state index in [0.717, 1.165) is 0 Å². The van der Waals surface area contributed by atoms with Crippen molar-refractivity contribution < 1.29 is 42.9 Å². The van der Waals surface area contributed by atoms with Crippen molar-refractivity contribution in [3.05, 3.63) is 12.2 Å². The van der Waals surface area contributed by atoms with E-state index in [2.05, 4.69) is 6.58 Å². The van der Waals surface area contributed by atoms with Crippen LogP contribution in [0.15, 0.2) is 12.2 Å². The fourth-order valence-electron chi connectivity index (χ4n) is 6.99. The van der Waals surface area contributed by atoms with Gasteiger partial charge in [0.25, 0.3) is 0 Å². The Morgan fingerprint density at radius 1 is 1.03 bits per heavy atom. The number of fused-ring (bicyclic) bond motifs is 4. The summed E-state index contributed by atoms with van der Waals surface area (Å²) in [6.07, 6.45) is -2.29. The second kappa shape index (κ2) is 9.31. The molecule has 11 atom stereocenters. The standard InChI is InChI=1S/C26H35ClO9/c1-11-8-9-16(32-13(3)28)25(6)17(33-14(4)29)10-18-26(7,36-18)23(25)22(34-15(5)30)19-12(2)24(31)35-21(19)20(11)27/h12,16-23H,1,8-10H2,2-7H3/t12-,16-,17+,18+,19+,20+,21-,22+,23+,25+,26-/m0/s1. The van der Waals surface area contributed by atoms with Crippen molar-refractivity contribution in [2.75, 3.05) is 0 Å². The highest BCUT2D eigenvalue weighted by atomic mass is 35.5. The average Bonchev–Trinajstić information content (AvgIpc) is 3.32. The van der Waals surface area contributed by atoms with Crippen LogP contribution in [0.2, 0.25) is 0 Å². The van der Waals surface area contributed by atoms with E-state index >= 15 is 0 Å². The quantitative estimate of drug-likeness (QED) is 0.180. The molecule has 200 valence electrons. The summed E-state index contributed by atoms with van der Waals surface area (Å²) in [6, 6.07) is 0. The van der Waals surface area contributed by atoms with Crippen molar-refractivity contribution in [1.82, 2.24) is 0 Å². The van der Waals surface area contributed by atoms with Gasteiger partial charge in [0.05, 0.1) is 28.4 Å². The van der Waals surface area contributed by atoms with Gasteiger partial charge in [0.2, 0.25) is 0 Å².